The van der Waals surface area contributed by atoms with Crippen molar-refractivity contribution in [1.82, 2.24) is 10.6 Å². The van der Waals surface area contributed by atoms with Gasteiger partial charge in [0.1, 0.15) is 0 Å². The lowest BCUT2D eigenvalue weighted by Crippen LogP contribution is -2.45. The van der Waals surface area contributed by atoms with Gasteiger partial charge in [-0.05, 0) is 26.2 Å². The zero-order valence-corrected chi connectivity index (χ0v) is 12.6. The number of hydrogen-bond acceptors (Lipinski definition) is 5. The van der Waals surface area contributed by atoms with Gasteiger partial charge in [0, 0.05) is 19.7 Å². The van der Waals surface area contributed by atoms with Crippen LogP contribution in [0.1, 0.15) is 33.1 Å². The number of nitrogens with one attached hydrogen (secondary N) is 2. The number of aliphatic hydroxyl groups is 1. The summed E-state index contributed by atoms with van der Waals surface area (Å²) in [6.45, 7) is 6.41. The van der Waals surface area contributed by atoms with Gasteiger partial charge >= 0.3 is 0 Å². The summed E-state index contributed by atoms with van der Waals surface area (Å²) in [7, 11) is 0. The van der Waals surface area contributed by atoms with Crippen LogP contribution in [0.15, 0.2) is 0 Å². The van der Waals surface area contributed by atoms with Crippen LogP contribution in [0.5, 0.6) is 0 Å². The molecule has 1 aliphatic rings. The highest BCUT2D eigenvalue weighted by molar-refractivity contribution is 5.81. The fourth-order valence-electron chi connectivity index (χ4n) is 1.98. The summed E-state index contributed by atoms with van der Waals surface area (Å²) in [5, 5.41) is 15.6. The topological polar surface area (TPSA) is 79.8 Å². The van der Waals surface area contributed by atoms with Crippen LogP contribution in [0.2, 0.25) is 0 Å². The molecular formula is C14H28N2O4. The quantitative estimate of drug-likeness (QED) is 0.529. The Balaban J connectivity index is 2.03. The van der Waals surface area contributed by atoms with E-state index < -0.39 is 6.10 Å². The van der Waals surface area contributed by atoms with Gasteiger partial charge in [0.15, 0.2) is 0 Å². The molecule has 1 fully saturated rings. The van der Waals surface area contributed by atoms with Crippen LogP contribution < -0.4 is 10.6 Å². The van der Waals surface area contributed by atoms with Crippen molar-refractivity contribution < 1.29 is 19.4 Å². The first kappa shape index (κ1) is 17.4. The molecule has 0 radical (unpaired) electrons. The molecule has 3 atom stereocenters. The summed E-state index contributed by atoms with van der Waals surface area (Å²) >= 11 is 0. The van der Waals surface area contributed by atoms with Crippen molar-refractivity contribution in [3.05, 3.63) is 0 Å². The smallest absolute Gasteiger partial charge is 0.236 e. The van der Waals surface area contributed by atoms with E-state index in [4.69, 9.17) is 9.47 Å². The molecule has 0 aromatic carbocycles. The summed E-state index contributed by atoms with van der Waals surface area (Å²) in [4.78, 5) is 11.6. The van der Waals surface area contributed by atoms with Crippen LogP contribution in [-0.4, -0.2) is 62.2 Å². The fraction of sp³-hybridized carbons (Fsp3) is 0.929. The second-order valence-corrected chi connectivity index (χ2v) is 5.25. The van der Waals surface area contributed by atoms with E-state index in [2.05, 4.69) is 10.6 Å². The summed E-state index contributed by atoms with van der Waals surface area (Å²) in [6, 6.07) is -0.311. The third-order valence-electron chi connectivity index (χ3n) is 3.24. The van der Waals surface area contributed by atoms with Gasteiger partial charge in [0.05, 0.1) is 31.5 Å². The average molecular weight is 288 g/mol. The number of hydrogen-bond donors (Lipinski definition) is 3. The fourth-order valence-corrected chi connectivity index (χ4v) is 1.98. The van der Waals surface area contributed by atoms with Crippen molar-refractivity contribution >= 4 is 5.91 Å². The Hall–Kier alpha value is -0.690. The van der Waals surface area contributed by atoms with E-state index >= 15 is 0 Å². The van der Waals surface area contributed by atoms with E-state index in [0.29, 0.717) is 19.7 Å². The second-order valence-electron chi connectivity index (χ2n) is 5.25. The summed E-state index contributed by atoms with van der Waals surface area (Å²) in [5.41, 5.74) is 0. The Kier molecular flexibility index (Phi) is 8.77. The minimum atomic E-state index is -0.613. The van der Waals surface area contributed by atoms with E-state index in [1.807, 2.05) is 6.92 Å². The number of aliphatic hydroxyl groups excluding tert-OH is 1. The Labute approximate surface area is 121 Å². The van der Waals surface area contributed by atoms with Gasteiger partial charge in [-0.25, -0.2) is 0 Å². The van der Waals surface area contributed by atoms with Crippen LogP contribution in [0.4, 0.5) is 0 Å². The minimum Gasteiger partial charge on any atom is -0.389 e. The van der Waals surface area contributed by atoms with Crippen molar-refractivity contribution in [3.8, 4) is 0 Å². The number of ether oxygens (including phenoxy) is 2. The van der Waals surface area contributed by atoms with Crippen LogP contribution >= 0.6 is 0 Å². The van der Waals surface area contributed by atoms with Crippen LogP contribution in [0.25, 0.3) is 0 Å². The molecule has 0 bridgehead atoms. The molecule has 0 saturated carbocycles. The highest BCUT2D eigenvalue weighted by Gasteiger charge is 2.17. The maximum Gasteiger partial charge on any atom is 0.236 e. The first-order chi connectivity index (χ1) is 9.63. The molecule has 0 aromatic rings. The van der Waals surface area contributed by atoms with Gasteiger partial charge in [0.2, 0.25) is 5.91 Å². The Morgan fingerprint density at radius 2 is 2.35 bits per heavy atom. The van der Waals surface area contributed by atoms with Crippen LogP contribution in [-0.2, 0) is 14.3 Å². The van der Waals surface area contributed by atoms with Crippen molar-refractivity contribution in [2.45, 2.75) is 51.4 Å². The molecule has 1 saturated heterocycles. The molecule has 0 aliphatic carbocycles. The van der Waals surface area contributed by atoms with E-state index in [0.717, 1.165) is 25.9 Å². The van der Waals surface area contributed by atoms with E-state index in [1.54, 1.807) is 6.92 Å². The number of carbonyl (C=O) groups is 1. The largest absolute Gasteiger partial charge is 0.389 e. The third-order valence-corrected chi connectivity index (χ3v) is 3.24. The monoisotopic (exact) mass is 288 g/mol. The van der Waals surface area contributed by atoms with E-state index in [-0.39, 0.29) is 24.7 Å². The predicted molar refractivity (Wildman–Crippen MR) is 76.6 cm³/mol. The Morgan fingerprint density at radius 3 is 3.00 bits per heavy atom. The zero-order chi connectivity index (χ0) is 14.8. The second kappa shape index (κ2) is 10.1. The molecule has 118 valence electrons. The Morgan fingerprint density at radius 1 is 1.55 bits per heavy atom. The summed E-state index contributed by atoms with van der Waals surface area (Å²) < 4.78 is 10.8. The molecule has 6 nitrogen and oxygen atoms in total. The molecule has 1 heterocycles. The van der Waals surface area contributed by atoms with Crippen LogP contribution in [0.3, 0.4) is 0 Å². The highest BCUT2D eigenvalue weighted by Crippen LogP contribution is 2.11. The molecule has 3 unspecified atom stereocenters. The molecule has 0 aromatic heterocycles. The average Bonchev–Trinajstić information content (AvgIpc) is 2.95. The lowest BCUT2D eigenvalue weighted by atomic mass is 10.2. The molecule has 1 amide bonds. The molecule has 1 rings (SSSR count). The van der Waals surface area contributed by atoms with Gasteiger partial charge in [-0.2, -0.15) is 0 Å². The SMILES string of the molecule is CCCNC(=O)C(C)NCC(O)COCC1CCCO1. The maximum absolute atomic E-state index is 11.6. The van der Waals surface area contributed by atoms with Gasteiger partial charge in [-0.3, -0.25) is 4.79 Å². The maximum atomic E-state index is 11.6. The zero-order valence-electron chi connectivity index (χ0n) is 12.6. The third kappa shape index (κ3) is 7.19. The lowest BCUT2D eigenvalue weighted by molar-refractivity contribution is -0.122. The molecule has 20 heavy (non-hydrogen) atoms. The number of amides is 1. The molecular weight excluding hydrogens is 260 g/mol. The number of rotatable bonds is 10. The van der Waals surface area contributed by atoms with Gasteiger partial charge in [-0.15, -0.1) is 0 Å². The molecule has 3 N–H and O–H groups in total. The standard InChI is InChI=1S/C14H28N2O4/c1-3-6-15-14(18)11(2)16-8-12(17)9-19-10-13-5-4-7-20-13/h11-13,16-17H,3-10H2,1-2H3,(H,15,18). The highest BCUT2D eigenvalue weighted by atomic mass is 16.5. The Bertz CT molecular complexity index is 270. The first-order valence-corrected chi connectivity index (χ1v) is 7.52. The normalized spacial score (nSPS) is 21.6. The van der Waals surface area contributed by atoms with Crippen molar-refractivity contribution in [1.29, 1.82) is 0 Å². The predicted octanol–water partition coefficient (Wildman–Crippen LogP) is 0.0472. The minimum absolute atomic E-state index is 0.0423. The van der Waals surface area contributed by atoms with Crippen molar-refractivity contribution in [2.24, 2.45) is 0 Å². The molecule has 1 aliphatic heterocycles. The lowest BCUT2D eigenvalue weighted by Gasteiger charge is -2.17. The summed E-state index contributed by atoms with van der Waals surface area (Å²) in [5.74, 6) is -0.0423. The van der Waals surface area contributed by atoms with E-state index in [1.165, 1.54) is 0 Å². The van der Waals surface area contributed by atoms with Gasteiger partial charge < -0.3 is 25.2 Å². The first-order valence-electron chi connectivity index (χ1n) is 7.52. The van der Waals surface area contributed by atoms with E-state index in [9.17, 15) is 9.90 Å². The van der Waals surface area contributed by atoms with Gasteiger partial charge in [-0.1, -0.05) is 6.92 Å². The summed E-state index contributed by atoms with van der Waals surface area (Å²) in [6.07, 6.45) is 2.59. The molecule has 6 heteroatoms. The van der Waals surface area contributed by atoms with Crippen LogP contribution in [0, 0.1) is 0 Å². The van der Waals surface area contributed by atoms with Crippen molar-refractivity contribution in [3.63, 3.8) is 0 Å². The van der Waals surface area contributed by atoms with Crippen molar-refractivity contribution in [2.75, 3.05) is 32.9 Å². The molecule has 0 spiro atoms. The number of carbonyl (C=O) groups excluding carboxylic acids is 1. The van der Waals surface area contributed by atoms with Gasteiger partial charge in [0.25, 0.3) is 0 Å².